The van der Waals surface area contributed by atoms with Gasteiger partial charge >= 0.3 is 8.56 Å². The zero-order valence-corrected chi connectivity index (χ0v) is 12.3. The van der Waals surface area contributed by atoms with E-state index in [1.165, 1.54) is 0 Å². The Kier molecular flexibility index (Phi) is 4.91. The van der Waals surface area contributed by atoms with E-state index in [0.717, 1.165) is 23.2 Å². The molecule has 100 valence electrons. The topological polar surface area (TPSA) is 29.5 Å². The summed E-state index contributed by atoms with van der Waals surface area (Å²) >= 11 is 0. The molecule has 0 spiro atoms. The molecule has 0 aliphatic rings. The van der Waals surface area contributed by atoms with E-state index in [2.05, 4.69) is 6.92 Å². The second-order valence-corrected chi connectivity index (χ2v) is 7.31. The predicted octanol–water partition coefficient (Wildman–Crippen LogP) is 2.05. The maximum Gasteiger partial charge on any atom is 0.404 e. The second-order valence-electron chi connectivity index (χ2n) is 4.58. The highest BCUT2D eigenvalue weighted by Crippen LogP contribution is 2.05. The summed E-state index contributed by atoms with van der Waals surface area (Å²) in [6, 6.07) is 19.5. The lowest BCUT2D eigenvalue weighted by molar-refractivity contribution is 0.249. The third-order valence-electron chi connectivity index (χ3n) is 3.14. The van der Waals surface area contributed by atoms with Crippen LogP contribution in [-0.4, -0.2) is 20.0 Å². The number of rotatable bonds is 6. The number of benzene rings is 2. The van der Waals surface area contributed by atoms with Gasteiger partial charge in [-0.2, -0.15) is 0 Å². The zero-order chi connectivity index (χ0) is 13.6. The molecule has 2 aromatic rings. The van der Waals surface area contributed by atoms with Gasteiger partial charge in [0.2, 0.25) is 0 Å². The Morgan fingerprint density at radius 1 is 0.895 bits per heavy atom. The minimum atomic E-state index is -3.04. The fraction of sp³-hybridized carbons (Fsp3) is 0.250. The Balaban J connectivity index is 2.33. The van der Waals surface area contributed by atoms with E-state index in [1.807, 2.05) is 60.7 Å². The van der Waals surface area contributed by atoms with Crippen molar-refractivity contribution in [3.05, 3.63) is 60.7 Å². The Morgan fingerprint density at radius 2 is 1.37 bits per heavy atom. The van der Waals surface area contributed by atoms with Crippen molar-refractivity contribution in [2.24, 2.45) is 0 Å². The van der Waals surface area contributed by atoms with Crippen LogP contribution in [0.25, 0.3) is 0 Å². The van der Waals surface area contributed by atoms with Gasteiger partial charge in [0.15, 0.2) is 0 Å². The van der Waals surface area contributed by atoms with Crippen LogP contribution in [0.1, 0.15) is 19.8 Å². The van der Waals surface area contributed by atoms with Crippen LogP contribution in [0, 0.1) is 0 Å². The molecule has 0 fully saturated rings. The number of hydrogen-bond acceptors (Lipinski definition) is 2. The van der Waals surface area contributed by atoms with Gasteiger partial charge in [0.05, 0.1) is 0 Å². The highest BCUT2D eigenvalue weighted by atomic mass is 28.4. The van der Waals surface area contributed by atoms with Crippen LogP contribution >= 0.6 is 0 Å². The largest absolute Gasteiger partial charge is 0.404 e. The van der Waals surface area contributed by atoms with Crippen LogP contribution in [-0.2, 0) is 4.43 Å². The summed E-state index contributed by atoms with van der Waals surface area (Å²) in [4.78, 5) is 11.1. The minimum Gasteiger partial charge on any atom is -0.404 e. The van der Waals surface area contributed by atoms with Crippen LogP contribution < -0.4 is 10.4 Å². The van der Waals surface area contributed by atoms with E-state index < -0.39 is 8.56 Å². The van der Waals surface area contributed by atoms with Gasteiger partial charge < -0.3 is 9.22 Å². The number of unbranched alkanes of at least 4 members (excludes halogenated alkanes) is 1. The molecule has 0 heterocycles. The van der Waals surface area contributed by atoms with E-state index in [-0.39, 0.29) is 0 Å². The monoisotopic (exact) mass is 272 g/mol. The minimum absolute atomic E-state index is 0.600. The summed E-state index contributed by atoms with van der Waals surface area (Å²) < 4.78 is 5.94. The smallest absolute Gasteiger partial charge is 0.404 e. The molecule has 0 aliphatic carbocycles. The molecule has 0 saturated heterocycles. The van der Waals surface area contributed by atoms with Crippen molar-refractivity contribution in [3.63, 3.8) is 0 Å². The van der Waals surface area contributed by atoms with Crippen molar-refractivity contribution < 1.29 is 9.22 Å². The Morgan fingerprint density at radius 3 is 1.79 bits per heavy atom. The normalized spacial score (nSPS) is 11.5. The molecule has 3 heteroatoms. The predicted molar refractivity (Wildman–Crippen MR) is 81.0 cm³/mol. The highest BCUT2D eigenvalue weighted by Gasteiger charge is 2.38. The second kappa shape index (κ2) is 6.66. The first-order valence-corrected chi connectivity index (χ1v) is 8.60. The lowest BCUT2D eigenvalue weighted by atomic mass is 10.4. The maximum atomic E-state index is 11.1. The van der Waals surface area contributed by atoms with Crippen molar-refractivity contribution in [1.29, 1.82) is 0 Å². The highest BCUT2D eigenvalue weighted by molar-refractivity contribution is 6.91. The van der Waals surface area contributed by atoms with Crippen LogP contribution in [0.4, 0.5) is 0 Å². The Hall–Kier alpha value is -1.42. The summed E-state index contributed by atoms with van der Waals surface area (Å²) in [6.45, 7) is 2.72. The molecule has 0 saturated carbocycles. The Labute approximate surface area is 115 Å². The van der Waals surface area contributed by atoms with Gasteiger partial charge in [0.25, 0.3) is 0 Å². The first-order chi connectivity index (χ1) is 9.27. The summed E-state index contributed by atoms with van der Waals surface area (Å²) in [5, 5.41) is 1.80. The first kappa shape index (κ1) is 14.0. The number of hydrogen-bond donors (Lipinski definition) is 1. The molecular formula is C16H20O2Si. The van der Waals surface area contributed by atoms with Crippen LogP contribution in [0.15, 0.2) is 60.7 Å². The molecule has 0 aromatic heterocycles. The van der Waals surface area contributed by atoms with E-state index in [0.29, 0.717) is 6.61 Å². The van der Waals surface area contributed by atoms with E-state index in [4.69, 9.17) is 4.43 Å². The molecule has 19 heavy (non-hydrogen) atoms. The van der Waals surface area contributed by atoms with Crippen molar-refractivity contribution in [1.82, 2.24) is 0 Å². The maximum absolute atomic E-state index is 11.1. The molecule has 1 N–H and O–H groups in total. The lowest BCUT2D eigenvalue weighted by Gasteiger charge is -2.25. The molecule has 0 unspecified atom stereocenters. The summed E-state index contributed by atoms with van der Waals surface area (Å²) in [5.74, 6) is 0. The van der Waals surface area contributed by atoms with Crippen molar-refractivity contribution >= 4 is 18.9 Å². The van der Waals surface area contributed by atoms with E-state index >= 15 is 0 Å². The third-order valence-corrected chi connectivity index (χ3v) is 5.99. The standard InChI is InChI=1S/C16H20O2Si/c1-2-3-14-18-19(17,15-10-6-4-7-11-15)16-12-8-5-9-13-16/h4-13,17H,2-3,14H2,1H3. The SMILES string of the molecule is CCCCO[Si](O)(c1ccccc1)c1ccccc1. The summed E-state index contributed by atoms with van der Waals surface area (Å²) in [5.41, 5.74) is 0. The molecule has 2 aromatic carbocycles. The third kappa shape index (κ3) is 3.32. The lowest BCUT2D eigenvalue weighted by Crippen LogP contribution is -2.61. The Bertz CT molecular complexity index is 445. The molecule has 0 radical (unpaired) electrons. The summed E-state index contributed by atoms with van der Waals surface area (Å²) in [7, 11) is -3.04. The molecule has 2 rings (SSSR count). The van der Waals surface area contributed by atoms with E-state index in [9.17, 15) is 4.80 Å². The van der Waals surface area contributed by atoms with Crippen LogP contribution in [0.2, 0.25) is 0 Å². The van der Waals surface area contributed by atoms with Gasteiger partial charge in [-0.3, -0.25) is 0 Å². The zero-order valence-electron chi connectivity index (χ0n) is 11.3. The molecular weight excluding hydrogens is 252 g/mol. The fourth-order valence-electron chi connectivity index (χ4n) is 2.03. The fourth-order valence-corrected chi connectivity index (χ4v) is 4.42. The molecule has 0 amide bonds. The van der Waals surface area contributed by atoms with Gasteiger partial charge in [0, 0.05) is 6.61 Å². The van der Waals surface area contributed by atoms with Crippen LogP contribution in [0.5, 0.6) is 0 Å². The molecule has 2 nitrogen and oxygen atoms in total. The summed E-state index contributed by atoms with van der Waals surface area (Å²) in [6.07, 6.45) is 2.03. The first-order valence-electron chi connectivity index (χ1n) is 6.74. The average molecular weight is 272 g/mol. The van der Waals surface area contributed by atoms with Crippen molar-refractivity contribution in [2.75, 3.05) is 6.61 Å². The molecule has 0 aliphatic heterocycles. The van der Waals surface area contributed by atoms with Gasteiger partial charge in [-0.1, -0.05) is 74.0 Å². The average Bonchev–Trinajstić information content (AvgIpc) is 2.49. The van der Waals surface area contributed by atoms with Crippen LogP contribution in [0.3, 0.4) is 0 Å². The van der Waals surface area contributed by atoms with Gasteiger partial charge in [-0.15, -0.1) is 0 Å². The van der Waals surface area contributed by atoms with Gasteiger partial charge in [-0.25, -0.2) is 0 Å². The quantitative estimate of drug-likeness (QED) is 0.644. The molecule has 0 bridgehead atoms. The van der Waals surface area contributed by atoms with Gasteiger partial charge in [0.1, 0.15) is 0 Å². The molecule has 0 atom stereocenters. The van der Waals surface area contributed by atoms with E-state index in [1.54, 1.807) is 0 Å². The van der Waals surface area contributed by atoms with Crippen molar-refractivity contribution in [2.45, 2.75) is 19.8 Å². The van der Waals surface area contributed by atoms with Gasteiger partial charge in [-0.05, 0) is 16.8 Å². The van der Waals surface area contributed by atoms with Crippen molar-refractivity contribution in [3.8, 4) is 0 Å².